The van der Waals surface area contributed by atoms with Crippen LogP contribution in [0.3, 0.4) is 0 Å². The molecule has 2 amide bonds. The van der Waals surface area contributed by atoms with Crippen LogP contribution in [0.5, 0.6) is 0 Å². The summed E-state index contributed by atoms with van der Waals surface area (Å²) in [5, 5.41) is 11.5. The number of hydrogen-bond acceptors (Lipinski definition) is 5. The van der Waals surface area contributed by atoms with Crippen molar-refractivity contribution < 1.29 is 23.5 Å². The van der Waals surface area contributed by atoms with Crippen LogP contribution in [0.2, 0.25) is 5.15 Å². The van der Waals surface area contributed by atoms with E-state index in [0.717, 1.165) is 6.07 Å². The van der Waals surface area contributed by atoms with Crippen molar-refractivity contribution in [1.82, 2.24) is 9.47 Å². The Morgan fingerprint density at radius 2 is 1.94 bits per heavy atom. The molecule has 0 atom stereocenters. The molecule has 1 aliphatic rings. The number of nitrogens with zero attached hydrogens (tertiary/aromatic N) is 3. The van der Waals surface area contributed by atoms with Gasteiger partial charge in [0, 0.05) is 38.5 Å². The van der Waals surface area contributed by atoms with Crippen molar-refractivity contribution in [3.05, 3.63) is 51.6 Å². The fraction of sp³-hybridized carbons (Fsp3) is 0.391. The molecule has 1 saturated heterocycles. The van der Waals surface area contributed by atoms with Crippen LogP contribution >= 0.6 is 11.6 Å². The quantitative estimate of drug-likeness (QED) is 0.528. The molecule has 0 radical (unpaired) electrons. The van der Waals surface area contributed by atoms with Crippen molar-refractivity contribution in [2.45, 2.75) is 32.2 Å². The summed E-state index contributed by atoms with van der Waals surface area (Å²) in [6.45, 7) is 4.43. The summed E-state index contributed by atoms with van der Waals surface area (Å²) in [5.41, 5.74) is -0.294. The monoisotopic (exact) mass is 474 g/mol. The minimum Gasteiger partial charge on any atom is -0.381 e. The van der Waals surface area contributed by atoms with Crippen molar-refractivity contribution in [3.8, 4) is 6.07 Å². The Morgan fingerprint density at radius 1 is 1.30 bits per heavy atom. The fourth-order valence-electron chi connectivity index (χ4n) is 3.90. The minimum atomic E-state index is -0.778. The lowest BCUT2D eigenvalue weighted by Gasteiger charge is -2.41. The number of carbonyl (C=O) groups excluding carboxylic acids is 3. The SMILES string of the molecule is Cc1c(C(=O)Nc2ccc(F)c(C#N)c2)c(Cl)n(C)c1C(=O)C(=O)N(C)C1(C)CCOCC1. The average molecular weight is 475 g/mol. The van der Waals surface area contributed by atoms with Gasteiger partial charge >= 0.3 is 0 Å². The largest absolute Gasteiger partial charge is 0.381 e. The van der Waals surface area contributed by atoms with Gasteiger partial charge < -0.3 is 19.5 Å². The second-order valence-corrected chi connectivity index (χ2v) is 8.62. The van der Waals surface area contributed by atoms with Gasteiger partial charge in [-0.15, -0.1) is 0 Å². The highest BCUT2D eigenvalue weighted by Gasteiger charge is 2.39. The van der Waals surface area contributed by atoms with Gasteiger partial charge in [0.05, 0.1) is 16.8 Å². The zero-order valence-electron chi connectivity index (χ0n) is 18.8. The zero-order valence-corrected chi connectivity index (χ0v) is 19.5. The number of halogens is 2. The van der Waals surface area contributed by atoms with Crippen LogP contribution in [0, 0.1) is 24.1 Å². The van der Waals surface area contributed by atoms with Gasteiger partial charge in [-0.25, -0.2) is 4.39 Å². The Balaban J connectivity index is 1.90. The van der Waals surface area contributed by atoms with E-state index in [1.807, 2.05) is 6.92 Å². The zero-order chi connectivity index (χ0) is 24.5. The molecule has 2 aromatic rings. The number of aromatic nitrogens is 1. The molecule has 0 aliphatic carbocycles. The molecule has 2 heterocycles. The van der Waals surface area contributed by atoms with E-state index in [9.17, 15) is 18.8 Å². The van der Waals surface area contributed by atoms with Crippen LogP contribution in [0.4, 0.5) is 10.1 Å². The highest BCUT2D eigenvalue weighted by Crippen LogP contribution is 2.30. The lowest BCUT2D eigenvalue weighted by atomic mass is 9.90. The molecule has 8 nitrogen and oxygen atoms in total. The van der Waals surface area contributed by atoms with E-state index in [0.29, 0.717) is 26.1 Å². The summed E-state index contributed by atoms with van der Waals surface area (Å²) in [6.07, 6.45) is 1.21. The molecule has 33 heavy (non-hydrogen) atoms. The number of nitriles is 1. The Hall–Kier alpha value is -3.22. The number of ether oxygens (including phenoxy) is 1. The van der Waals surface area contributed by atoms with Crippen LogP contribution < -0.4 is 5.32 Å². The summed E-state index contributed by atoms with van der Waals surface area (Å²) in [6, 6.07) is 5.26. The first-order valence-electron chi connectivity index (χ1n) is 10.3. The molecule has 0 unspecified atom stereocenters. The Morgan fingerprint density at radius 3 is 2.55 bits per heavy atom. The Kier molecular flexibility index (Phi) is 6.91. The highest BCUT2D eigenvalue weighted by molar-refractivity contribution is 6.44. The van der Waals surface area contributed by atoms with Crippen LogP contribution in [0.1, 0.15) is 51.7 Å². The molecule has 174 valence electrons. The molecule has 3 rings (SSSR count). The highest BCUT2D eigenvalue weighted by atomic mass is 35.5. The van der Waals surface area contributed by atoms with Crippen LogP contribution in [-0.4, -0.2) is 52.9 Å². The first kappa shape index (κ1) is 24.4. The van der Waals surface area contributed by atoms with Gasteiger partial charge in [0.1, 0.15) is 17.0 Å². The third-order valence-corrected chi connectivity index (χ3v) is 6.67. The summed E-state index contributed by atoms with van der Waals surface area (Å²) < 4.78 is 20.2. The first-order chi connectivity index (χ1) is 15.5. The average Bonchev–Trinajstić information content (AvgIpc) is 3.02. The Labute approximate surface area is 195 Å². The van der Waals surface area contributed by atoms with E-state index in [1.165, 1.54) is 35.6 Å². The van der Waals surface area contributed by atoms with Crippen LogP contribution in [-0.2, 0) is 16.6 Å². The molecule has 0 spiro atoms. The van der Waals surface area contributed by atoms with Crippen molar-refractivity contribution in [2.24, 2.45) is 7.05 Å². The molecule has 1 aliphatic heterocycles. The summed E-state index contributed by atoms with van der Waals surface area (Å²) in [5.74, 6) is -2.85. The number of benzene rings is 1. The Bertz CT molecular complexity index is 1180. The number of rotatable bonds is 5. The van der Waals surface area contributed by atoms with Gasteiger partial charge in [-0.1, -0.05) is 11.6 Å². The standard InChI is InChI=1S/C23H24ClFN4O4/c1-13-17(21(31)27-15-5-6-16(25)14(11-15)12-26)20(24)28(3)18(13)19(30)22(32)29(4)23(2)7-9-33-10-8-23/h5-6,11H,7-10H2,1-4H3,(H,27,31). The molecule has 1 aromatic heterocycles. The first-order valence-corrected chi connectivity index (χ1v) is 10.7. The van der Waals surface area contributed by atoms with Crippen molar-refractivity contribution in [1.29, 1.82) is 5.26 Å². The molecule has 1 N–H and O–H groups in total. The van der Waals surface area contributed by atoms with E-state index < -0.39 is 29.0 Å². The summed E-state index contributed by atoms with van der Waals surface area (Å²) in [7, 11) is 3.08. The second-order valence-electron chi connectivity index (χ2n) is 8.26. The summed E-state index contributed by atoms with van der Waals surface area (Å²) >= 11 is 6.36. The van der Waals surface area contributed by atoms with Gasteiger partial charge in [0.25, 0.3) is 17.6 Å². The number of carbonyl (C=O) groups is 3. The summed E-state index contributed by atoms with van der Waals surface area (Å²) in [4.78, 5) is 40.6. The topological polar surface area (TPSA) is 104 Å². The van der Waals surface area contributed by atoms with Crippen LogP contribution in [0.15, 0.2) is 18.2 Å². The number of hydrogen-bond donors (Lipinski definition) is 1. The predicted molar refractivity (Wildman–Crippen MR) is 120 cm³/mol. The molecule has 0 bridgehead atoms. The number of amides is 2. The predicted octanol–water partition coefficient (Wildman–Crippen LogP) is 3.46. The third-order valence-electron chi connectivity index (χ3n) is 6.23. The maximum atomic E-state index is 13.6. The van der Waals surface area contributed by atoms with Gasteiger partial charge in [-0.2, -0.15) is 5.26 Å². The number of likely N-dealkylation sites (N-methyl/N-ethyl adjacent to an activating group) is 1. The maximum absolute atomic E-state index is 13.6. The fourth-order valence-corrected chi connectivity index (χ4v) is 4.22. The van der Waals surface area contributed by atoms with Crippen molar-refractivity contribution in [3.63, 3.8) is 0 Å². The minimum absolute atomic E-state index is 0.00878. The number of anilines is 1. The van der Waals surface area contributed by atoms with Gasteiger partial charge in [-0.05, 0) is 50.5 Å². The van der Waals surface area contributed by atoms with E-state index >= 15 is 0 Å². The van der Waals surface area contributed by atoms with Gasteiger partial charge in [-0.3, -0.25) is 14.4 Å². The van der Waals surface area contributed by atoms with E-state index in [2.05, 4.69) is 5.32 Å². The normalized spacial score (nSPS) is 14.9. The van der Waals surface area contributed by atoms with E-state index in [4.69, 9.17) is 21.6 Å². The van der Waals surface area contributed by atoms with Gasteiger partial charge in [0.15, 0.2) is 0 Å². The molecular formula is C23H24ClFN4O4. The van der Waals surface area contributed by atoms with Gasteiger partial charge in [0.2, 0.25) is 0 Å². The number of ketones is 1. The molecule has 10 heteroatoms. The third kappa shape index (κ3) is 4.49. The lowest BCUT2D eigenvalue weighted by Crippen LogP contribution is -2.52. The second kappa shape index (κ2) is 9.33. The maximum Gasteiger partial charge on any atom is 0.296 e. The molecule has 1 aromatic carbocycles. The van der Waals surface area contributed by atoms with Crippen molar-refractivity contribution >= 4 is 34.9 Å². The molecule has 0 saturated carbocycles. The van der Waals surface area contributed by atoms with E-state index in [1.54, 1.807) is 13.1 Å². The number of Topliss-reactive ketones (excluding diaryl/α,β-unsaturated/α-hetero) is 1. The van der Waals surface area contributed by atoms with Crippen molar-refractivity contribution in [2.75, 3.05) is 25.6 Å². The molecular weight excluding hydrogens is 451 g/mol. The number of nitrogens with one attached hydrogen (secondary N) is 1. The lowest BCUT2D eigenvalue weighted by molar-refractivity contribution is -0.133. The molecule has 1 fully saturated rings. The smallest absolute Gasteiger partial charge is 0.296 e. The van der Waals surface area contributed by atoms with E-state index in [-0.39, 0.29) is 33.2 Å². The van der Waals surface area contributed by atoms with Crippen LogP contribution in [0.25, 0.3) is 0 Å².